The fourth-order valence-corrected chi connectivity index (χ4v) is 4.36. The summed E-state index contributed by atoms with van der Waals surface area (Å²) in [6, 6.07) is 22.5. The van der Waals surface area contributed by atoms with Crippen molar-refractivity contribution >= 4 is 27.3 Å². The number of benzene rings is 3. The molecular weight excluding hydrogens is 436 g/mol. The zero-order chi connectivity index (χ0) is 21.8. The van der Waals surface area contributed by atoms with Crippen molar-refractivity contribution in [1.82, 2.24) is 4.98 Å². The van der Waals surface area contributed by atoms with Gasteiger partial charge in [0.05, 0.1) is 12.0 Å². The van der Waals surface area contributed by atoms with Crippen LogP contribution in [0.15, 0.2) is 93.2 Å². The Kier molecular flexibility index (Phi) is 5.97. The average molecular weight is 455 g/mol. The monoisotopic (exact) mass is 454 g/mol. The van der Waals surface area contributed by atoms with Crippen LogP contribution in [0.3, 0.4) is 0 Å². The molecule has 0 atom stereocenters. The highest BCUT2D eigenvalue weighted by Gasteiger charge is 2.28. The topological polar surface area (TPSA) is 81.4 Å². The molecule has 0 bridgehead atoms. The normalized spacial score (nSPS) is 11.3. The molecule has 6 nitrogen and oxygen atoms in total. The Hall–Kier alpha value is -3.29. The van der Waals surface area contributed by atoms with Crippen molar-refractivity contribution in [3.05, 3.63) is 89.4 Å². The Bertz CT molecular complexity index is 1270. The van der Waals surface area contributed by atoms with E-state index in [0.717, 1.165) is 11.3 Å². The van der Waals surface area contributed by atoms with E-state index in [1.165, 1.54) is 24.3 Å². The number of rotatable bonds is 7. The maximum absolute atomic E-state index is 13.3. The molecule has 1 aromatic heterocycles. The molecule has 1 heterocycles. The van der Waals surface area contributed by atoms with Crippen molar-refractivity contribution < 1.29 is 17.6 Å². The lowest BCUT2D eigenvalue weighted by Gasteiger charge is -2.07. The second-order valence-corrected chi connectivity index (χ2v) is 8.98. The molecule has 0 saturated carbocycles. The van der Waals surface area contributed by atoms with Crippen molar-refractivity contribution in [3.63, 3.8) is 0 Å². The van der Waals surface area contributed by atoms with Gasteiger partial charge in [-0.2, -0.15) is 4.98 Å². The summed E-state index contributed by atoms with van der Waals surface area (Å²) >= 11 is 5.91. The van der Waals surface area contributed by atoms with Crippen LogP contribution in [0.25, 0.3) is 11.5 Å². The van der Waals surface area contributed by atoms with Gasteiger partial charge in [-0.1, -0.05) is 41.9 Å². The first kappa shape index (κ1) is 21.0. The van der Waals surface area contributed by atoms with Crippen LogP contribution in [-0.2, 0) is 16.4 Å². The number of nitrogens with one attached hydrogen (secondary N) is 1. The van der Waals surface area contributed by atoms with Crippen LogP contribution in [-0.4, -0.2) is 20.5 Å². The van der Waals surface area contributed by atoms with Gasteiger partial charge in [-0.25, -0.2) is 8.42 Å². The fourth-order valence-electron chi connectivity index (χ4n) is 2.96. The standard InChI is InChI=1S/C23H19ClN2O4S/c1-29-19-11-7-16(8-12-19)15-25-22-23(26-21(30-22)17-5-3-2-4-6-17)31(27,28)20-13-9-18(24)10-14-20/h2-14,25H,15H2,1H3. The van der Waals surface area contributed by atoms with Crippen LogP contribution in [0.4, 0.5) is 5.88 Å². The van der Waals surface area contributed by atoms with Crippen molar-refractivity contribution in [2.75, 3.05) is 12.4 Å². The van der Waals surface area contributed by atoms with Crippen LogP contribution in [0.2, 0.25) is 5.02 Å². The van der Waals surface area contributed by atoms with Crippen molar-refractivity contribution in [3.8, 4) is 17.2 Å². The van der Waals surface area contributed by atoms with Crippen LogP contribution < -0.4 is 10.1 Å². The summed E-state index contributed by atoms with van der Waals surface area (Å²) in [4.78, 5) is 4.40. The summed E-state index contributed by atoms with van der Waals surface area (Å²) in [7, 11) is -2.34. The molecular formula is C23H19ClN2O4S. The molecule has 3 aromatic carbocycles. The van der Waals surface area contributed by atoms with Crippen molar-refractivity contribution in [2.45, 2.75) is 16.5 Å². The van der Waals surface area contributed by atoms with E-state index in [9.17, 15) is 8.42 Å². The molecule has 0 fully saturated rings. The third kappa shape index (κ3) is 4.57. The lowest BCUT2D eigenvalue weighted by atomic mass is 10.2. The van der Waals surface area contributed by atoms with Crippen LogP contribution in [0.5, 0.6) is 5.75 Å². The third-order valence-corrected chi connectivity index (χ3v) is 6.54. The first-order valence-electron chi connectivity index (χ1n) is 9.41. The quantitative estimate of drug-likeness (QED) is 0.400. The molecule has 0 unspecified atom stereocenters. The summed E-state index contributed by atoms with van der Waals surface area (Å²) in [5.41, 5.74) is 1.60. The van der Waals surface area contributed by atoms with E-state index < -0.39 is 9.84 Å². The number of nitrogens with zero attached hydrogens (tertiary/aromatic N) is 1. The number of halogens is 1. The summed E-state index contributed by atoms with van der Waals surface area (Å²) in [6.45, 7) is 0.344. The SMILES string of the molecule is COc1ccc(CNc2oc(-c3ccccc3)nc2S(=O)(=O)c2ccc(Cl)cc2)cc1. The minimum absolute atomic E-state index is 0.0737. The van der Waals surface area contributed by atoms with Gasteiger partial charge in [0.25, 0.3) is 0 Å². The second-order valence-electron chi connectivity index (χ2n) is 6.68. The van der Waals surface area contributed by atoms with Gasteiger partial charge >= 0.3 is 0 Å². The van der Waals surface area contributed by atoms with Crippen molar-refractivity contribution in [1.29, 1.82) is 0 Å². The average Bonchev–Trinajstić information content (AvgIpc) is 3.24. The molecule has 0 spiro atoms. The molecule has 0 aliphatic heterocycles. The Morgan fingerprint density at radius 3 is 2.29 bits per heavy atom. The summed E-state index contributed by atoms with van der Waals surface area (Å²) in [5.74, 6) is 1.02. The van der Waals surface area contributed by atoms with E-state index >= 15 is 0 Å². The van der Waals surface area contributed by atoms with Crippen molar-refractivity contribution in [2.24, 2.45) is 0 Å². The molecule has 31 heavy (non-hydrogen) atoms. The predicted octanol–water partition coefficient (Wildman–Crippen LogP) is 5.45. The Balaban J connectivity index is 1.71. The van der Waals surface area contributed by atoms with E-state index in [2.05, 4.69) is 10.3 Å². The smallest absolute Gasteiger partial charge is 0.234 e. The number of aromatic nitrogens is 1. The lowest BCUT2D eigenvalue weighted by molar-refractivity contribution is 0.414. The van der Waals surface area contributed by atoms with E-state index in [1.54, 1.807) is 19.2 Å². The van der Waals surface area contributed by atoms with E-state index in [0.29, 0.717) is 17.1 Å². The van der Waals surface area contributed by atoms with Gasteiger partial charge in [0.1, 0.15) is 5.75 Å². The van der Waals surface area contributed by atoms with Gasteiger partial charge in [-0.3, -0.25) is 0 Å². The predicted molar refractivity (Wildman–Crippen MR) is 119 cm³/mol. The summed E-state index contributed by atoms with van der Waals surface area (Å²) < 4.78 is 37.6. The number of methoxy groups -OCH3 is 1. The number of sulfone groups is 1. The zero-order valence-corrected chi connectivity index (χ0v) is 18.2. The largest absolute Gasteiger partial charge is 0.497 e. The molecule has 0 aliphatic carbocycles. The Morgan fingerprint density at radius 1 is 0.968 bits per heavy atom. The van der Waals surface area contributed by atoms with Gasteiger partial charge in [0, 0.05) is 17.1 Å². The molecule has 0 aliphatic rings. The highest BCUT2D eigenvalue weighted by Crippen LogP contribution is 2.33. The van der Waals surface area contributed by atoms with Gasteiger partial charge < -0.3 is 14.5 Å². The van der Waals surface area contributed by atoms with Gasteiger partial charge in [0.15, 0.2) is 0 Å². The Morgan fingerprint density at radius 2 is 1.65 bits per heavy atom. The van der Waals surface area contributed by atoms with Crippen LogP contribution >= 0.6 is 11.6 Å². The highest BCUT2D eigenvalue weighted by molar-refractivity contribution is 7.91. The van der Waals surface area contributed by atoms with Crippen LogP contribution in [0, 0.1) is 0 Å². The summed E-state index contributed by atoms with van der Waals surface area (Å²) in [5, 5.41) is 3.34. The molecule has 1 N–H and O–H groups in total. The minimum Gasteiger partial charge on any atom is -0.497 e. The van der Waals surface area contributed by atoms with E-state index in [1.807, 2.05) is 42.5 Å². The first-order valence-corrected chi connectivity index (χ1v) is 11.3. The molecule has 4 aromatic rings. The lowest BCUT2D eigenvalue weighted by Crippen LogP contribution is -2.07. The summed E-state index contributed by atoms with van der Waals surface area (Å²) in [6.07, 6.45) is 0. The number of ether oxygens (including phenoxy) is 1. The van der Waals surface area contributed by atoms with Gasteiger partial charge in [-0.15, -0.1) is 0 Å². The zero-order valence-electron chi connectivity index (χ0n) is 16.6. The highest BCUT2D eigenvalue weighted by atomic mass is 35.5. The van der Waals surface area contributed by atoms with Crippen LogP contribution in [0.1, 0.15) is 5.56 Å². The molecule has 0 saturated heterocycles. The molecule has 158 valence electrons. The maximum atomic E-state index is 13.3. The number of oxazole rings is 1. The van der Waals surface area contributed by atoms with E-state index in [-0.39, 0.29) is 21.7 Å². The third-order valence-electron chi connectivity index (χ3n) is 4.61. The second kappa shape index (κ2) is 8.83. The maximum Gasteiger partial charge on any atom is 0.234 e. The Labute approximate surface area is 185 Å². The van der Waals surface area contributed by atoms with E-state index in [4.69, 9.17) is 20.8 Å². The molecule has 4 rings (SSSR count). The first-order chi connectivity index (χ1) is 15.0. The van der Waals surface area contributed by atoms with Gasteiger partial charge in [-0.05, 0) is 54.1 Å². The number of hydrogen-bond donors (Lipinski definition) is 1. The molecule has 8 heteroatoms. The molecule has 0 radical (unpaired) electrons. The fraction of sp³-hybridized carbons (Fsp3) is 0.0870. The molecule has 0 amide bonds. The van der Waals surface area contributed by atoms with Gasteiger partial charge in [0.2, 0.25) is 26.6 Å². The number of hydrogen-bond acceptors (Lipinski definition) is 6. The minimum atomic E-state index is -3.93. The number of anilines is 1.